The molecule has 0 aliphatic carbocycles. The molecule has 1 atom stereocenters. The van der Waals surface area contributed by atoms with E-state index < -0.39 is 0 Å². The van der Waals surface area contributed by atoms with Crippen molar-refractivity contribution < 1.29 is 4.79 Å². The van der Waals surface area contributed by atoms with Crippen molar-refractivity contribution >= 4 is 40.2 Å². The van der Waals surface area contributed by atoms with Crippen LogP contribution in [0.2, 0.25) is 5.02 Å². The number of carbonyl (C=O) groups is 1. The molecule has 0 aliphatic heterocycles. The molecule has 0 radical (unpaired) electrons. The highest BCUT2D eigenvalue weighted by atomic mass is 35.5. The van der Waals surface area contributed by atoms with Crippen LogP contribution in [-0.2, 0) is 4.79 Å². The Bertz CT molecular complexity index is 1220. The van der Waals surface area contributed by atoms with Crippen LogP contribution in [0.1, 0.15) is 38.2 Å². The van der Waals surface area contributed by atoms with E-state index in [9.17, 15) is 9.59 Å². The number of nitrogens with zero attached hydrogens (tertiary/aromatic N) is 4. The third kappa shape index (κ3) is 5.32. The van der Waals surface area contributed by atoms with Crippen molar-refractivity contribution in [1.29, 1.82) is 5.26 Å². The summed E-state index contributed by atoms with van der Waals surface area (Å²) in [5.74, 6) is 0.392. The average molecular weight is 469 g/mol. The zero-order chi connectivity index (χ0) is 23.3. The van der Waals surface area contributed by atoms with E-state index in [-0.39, 0.29) is 23.6 Å². The van der Waals surface area contributed by atoms with Crippen molar-refractivity contribution in [1.82, 2.24) is 14.5 Å². The molecule has 0 spiro atoms. The van der Waals surface area contributed by atoms with Crippen LogP contribution in [-0.4, -0.2) is 39.7 Å². The van der Waals surface area contributed by atoms with Gasteiger partial charge in [0.1, 0.15) is 0 Å². The Kier molecular flexibility index (Phi) is 7.94. The van der Waals surface area contributed by atoms with Crippen LogP contribution in [0, 0.1) is 11.3 Å². The quantitative estimate of drug-likeness (QED) is 0.342. The summed E-state index contributed by atoms with van der Waals surface area (Å²) in [7, 11) is 1.66. The van der Waals surface area contributed by atoms with E-state index in [2.05, 4.69) is 18.8 Å². The first-order chi connectivity index (χ1) is 15.3. The normalized spacial score (nSPS) is 11.8. The van der Waals surface area contributed by atoms with Crippen LogP contribution in [0.15, 0.2) is 52.4 Å². The summed E-state index contributed by atoms with van der Waals surface area (Å²) < 4.78 is 1.55. The Hall–Kier alpha value is -2.82. The summed E-state index contributed by atoms with van der Waals surface area (Å²) in [6, 6.07) is 14.9. The van der Waals surface area contributed by atoms with Crippen molar-refractivity contribution in [2.24, 2.45) is 0 Å². The molecule has 0 saturated carbocycles. The number of halogens is 1. The van der Waals surface area contributed by atoms with E-state index in [1.807, 2.05) is 30.3 Å². The molecule has 0 aliphatic rings. The van der Waals surface area contributed by atoms with Gasteiger partial charge in [0.05, 0.1) is 34.8 Å². The van der Waals surface area contributed by atoms with Crippen molar-refractivity contribution in [2.45, 2.75) is 37.8 Å². The van der Waals surface area contributed by atoms with Crippen LogP contribution >= 0.6 is 23.4 Å². The van der Waals surface area contributed by atoms with E-state index >= 15 is 0 Å². The number of benzene rings is 2. The monoisotopic (exact) mass is 468 g/mol. The molecule has 0 fully saturated rings. The zero-order valence-corrected chi connectivity index (χ0v) is 19.9. The van der Waals surface area contributed by atoms with E-state index in [1.54, 1.807) is 29.8 Å². The lowest BCUT2D eigenvalue weighted by atomic mass is 9.98. The Morgan fingerprint density at radius 3 is 2.66 bits per heavy atom. The van der Waals surface area contributed by atoms with Crippen molar-refractivity contribution in [3.8, 4) is 11.8 Å². The molecule has 3 rings (SSSR count). The van der Waals surface area contributed by atoms with Gasteiger partial charge in [-0.3, -0.25) is 14.2 Å². The predicted octanol–water partition coefficient (Wildman–Crippen LogP) is 5.02. The maximum Gasteiger partial charge on any atom is 0.266 e. The maximum atomic E-state index is 13.4. The van der Waals surface area contributed by atoms with Gasteiger partial charge in [0.15, 0.2) is 5.16 Å². The number of hydrogen-bond donors (Lipinski definition) is 0. The molecular weight excluding hydrogens is 444 g/mol. The van der Waals surface area contributed by atoms with Gasteiger partial charge in [-0.1, -0.05) is 49.3 Å². The highest BCUT2D eigenvalue weighted by molar-refractivity contribution is 7.99. The molecule has 3 aromatic rings. The Morgan fingerprint density at radius 1 is 1.28 bits per heavy atom. The first kappa shape index (κ1) is 23.8. The summed E-state index contributed by atoms with van der Waals surface area (Å²) in [5.41, 5.74) is 2.17. The van der Waals surface area contributed by atoms with Crippen molar-refractivity contribution in [3.63, 3.8) is 0 Å². The summed E-state index contributed by atoms with van der Waals surface area (Å²) in [4.78, 5) is 32.0. The summed E-state index contributed by atoms with van der Waals surface area (Å²) >= 11 is 7.31. The second kappa shape index (κ2) is 10.7. The first-order valence-corrected chi connectivity index (χ1v) is 11.8. The van der Waals surface area contributed by atoms with Crippen LogP contribution in [0.25, 0.3) is 16.6 Å². The Labute approximate surface area is 196 Å². The fourth-order valence-electron chi connectivity index (χ4n) is 3.23. The molecule has 1 aromatic heterocycles. The fourth-order valence-corrected chi connectivity index (χ4v) is 4.35. The maximum absolute atomic E-state index is 13.4. The molecular formula is C24H25ClN4O2S. The molecule has 0 N–H and O–H groups in total. The second-order valence-electron chi connectivity index (χ2n) is 7.61. The summed E-state index contributed by atoms with van der Waals surface area (Å²) in [6.45, 7) is 4.67. The molecule has 6 nitrogen and oxygen atoms in total. The highest BCUT2D eigenvalue weighted by Gasteiger charge is 2.17. The smallest absolute Gasteiger partial charge is 0.266 e. The minimum atomic E-state index is -0.212. The van der Waals surface area contributed by atoms with Gasteiger partial charge in [-0.15, -0.1) is 0 Å². The van der Waals surface area contributed by atoms with Gasteiger partial charge in [-0.05, 0) is 48.2 Å². The van der Waals surface area contributed by atoms with Crippen LogP contribution in [0.4, 0.5) is 0 Å². The molecule has 0 bridgehead atoms. The fraction of sp³-hybridized carbons (Fsp3) is 0.333. The number of nitriles is 1. The lowest BCUT2D eigenvalue weighted by Crippen LogP contribution is -2.29. The SMILES string of the molecule is CCC(C)c1ccc(-n2c(SCC(=O)N(C)CCC#N)nc3cc(Cl)ccc3c2=O)cc1. The van der Waals surface area contributed by atoms with Gasteiger partial charge in [0.25, 0.3) is 5.56 Å². The lowest BCUT2D eigenvalue weighted by molar-refractivity contribution is -0.127. The van der Waals surface area contributed by atoms with E-state index in [0.717, 1.165) is 6.42 Å². The number of hydrogen-bond acceptors (Lipinski definition) is 5. The van der Waals surface area contributed by atoms with Crippen molar-refractivity contribution in [2.75, 3.05) is 19.3 Å². The van der Waals surface area contributed by atoms with E-state index in [1.165, 1.54) is 22.2 Å². The van der Waals surface area contributed by atoms with Crippen LogP contribution < -0.4 is 5.56 Å². The second-order valence-corrected chi connectivity index (χ2v) is 8.99. The minimum Gasteiger partial charge on any atom is -0.344 e. The lowest BCUT2D eigenvalue weighted by Gasteiger charge is -2.17. The van der Waals surface area contributed by atoms with Gasteiger partial charge in [0, 0.05) is 18.6 Å². The molecule has 2 aromatic carbocycles. The number of rotatable bonds is 8. The van der Waals surface area contributed by atoms with Gasteiger partial charge in [0.2, 0.25) is 5.91 Å². The molecule has 1 unspecified atom stereocenters. The number of carbonyl (C=O) groups excluding carboxylic acids is 1. The summed E-state index contributed by atoms with van der Waals surface area (Å²) in [6.07, 6.45) is 1.30. The molecule has 8 heteroatoms. The van der Waals surface area contributed by atoms with Crippen molar-refractivity contribution in [3.05, 3.63) is 63.4 Å². The van der Waals surface area contributed by atoms with Crippen LogP contribution in [0.3, 0.4) is 0 Å². The molecule has 166 valence electrons. The highest BCUT2D eigenvalue weighted by Crippen LogP contribution is 2.25. The van der Waals surface area contributed by atoms with E-state index in [4.69, 9.17) is 16.9 Å². The standard InChI is InChI=1S/C24H25ClN4O2S/c1-4-16(2)17-6-9-19(10-7-17)29-23(31)20-11-8-18(25)14-21(20)27-24(29)32-15-22(30)28(3)13-5-12-26/h6-11,14,16H,4-5,13,15H2,1-3H3. The molecule has 1 amide bonds. The Balaban J connectivity index is 2.03. The number of fused-ring (bicyclic) bond motifs is 1. The van der Waals surface area contributed by atoms with Gasteiger partial charge < -0.3 is 4.90 Å². The average Bonchev–Trinajstić information content (AvgIpc) is 2.80. The van der Waals surface area contributed by atoms with E-state index in [0.29, 0.717) is 39.2 Å². The van der Waals surface area contributed by atoms with Gasteiger partial charge >= 0.3 is 0 Å². The molecule has 0 saturated heterocycles. The third-order valence-electron chi connectivity index (χ3n) is 5.44. The van der Waals surface area contributed by atoms with Gasteiger partial charge in [-0.25, -0.2) is 4.98 Å². The number of thioether (sulfide) groups is 1. The van der Waals surface area contributed by atoms with Gasteiger partial charge in [-0.2, -0.15) is 5.26 Å². The van der Waals surface area contributed by atoms with Crippen LogP contribution in [0.5, 0.6) is 0 Å². The topological polar surface area (TPSA) is 79.0 Å². The number of amides is 1. The first-order valence-electron chi connectivity index (χ1n) is 10.4. The molecule has 1 heterocycles. The summed E-state index contributed by atoms with van der Waals surface area (Å²) in [5, 5.41) is 10.1. The minimum absolute atomic E-state index is 0.103. The molecule has 32 heavy (non-hydrogen) atoms. The largest absolute Gasteiger partial charge is 0.344 e. The zero-order valence-electron chi connectivity index (χ0n) is 18.3. The Morgan fingerprint density at radius 2 is 2.00 bits per heavy atom. The predicted molar refractivity (Wildman–Crippen MR) is 130 cm³/mol. The third-order valence-corrected chi connectivity index (χ3v) is 6.60. The number of aromatic nitrogens is 2.